The molecule has 0 spiro atoms. The number of hydrogen-bond acceptors (Lipinski definition) is 3. The molecule has 0 saturated heterocycles. The van der Waals surface area contributed by atoms with Gasteiger partial charge in [0.25, 0.3) is 0 Å². The number of carbonyl (C=O) groups is 2. The molecule has 0 heterocycles. The lowest BCUT2D eigenvalue weighted by Crippen LogP contribution is -2.20. The number of benzene rings is 1. The van der Waals surface area contributed by atoms with Gasteiger partial charge in [0.1, 0.15) is 5.75 Å². The van der Waals surface area contributed by atoms with Gasteiger partial charge in [0.05, 0.1) is 12.8 Å². The zero-order chi connectivity index (χ0) is 16.0. The topological polar surface area (TPSA) is 75.6 Å². The summed E-state index contributed by atoms with van der Waals surface area (Å²) in [7, 11) is 1.52. The third-order valence-electron chi connectivity index (χ3n) is 2.61. The van der Waals surface area contributed by atoms with Crippen molar-refractivity contribution in [1.82, 2.24) is 0 Å². The Hall–Kier alpha value is -2.30. The molecule has 0 atom stereocenters. The summed E-state index contributed by atoms with van der Waals surface area (Å²) < 4.78 is 5.20. The fourth-order valence-corrected chi connectivity index (χ4v) is 1.77. The normalized spacial score (nSPS) is 11.4. The van der Waals surface area contributed by atoms with Crippen molar-refractivity contribution in [3.8, 4) is 5.75 Å². The van der Waals surface area contributed by atoms with E-state index in [4.69, 9.17) is 9.84 Å². The summed E-state index contributed by atoms with van der Waals surface area (Å²) in [5.41, 5.74) is 1.08. The van der Waals surface area contributed by atoms with E-state index in [0.29, 0.717) is 23.4 Å². The average Bonchev–Trinajstić information content (AvgIpc) is 2.34. The van der Waals surface area contributed by atoms with Gasteiger partial charge >= 0.3 is 5.97 Å². The smallest absolute Gasteiger partial charge is 0.328 e. The van der Waals surface area contributed by atoms with Crippen molar-refractivity contribution in [1.29, 1.82) is 0 Å². The highest BCUT2D eigenvalue weighted by Gasteiger charge is 2.17. The second-order valence-corrected chi connectivity index (χ2v) is 5.92. The van der Waals surface area contributed by atoms with E-state index in [0.717, 1.165) is 6.08 Å². The first-order chi connectivity index (χ1) is 9.71. The van der Waals surface area contributed by atoms with Crippen LogP contribution in [0.4, 0.5) is 5.69 Å². The van der Waals surface area contributed by atoms with Crippen LogP contribution in [0.25, 0.3) is 6.08 Å². The Kier molecular flexibility index (Phi) is 5.52. The van der Waals surface area contributed by atoms with Gasteiger partial charge in [0.15, 0.2) is 0 Å². The molecule has 1 aromatic rings. The number of rotatable bonds is 5. The van der Waals surface area contributed by atoms with E-state index in [1.165, 1.54) is 13.2 Å². The van der Waals surface area contributed by atoms with Crippen molar-refractivity contribution >= 4 is 23.6 Å². The lowest BCUT2D eigenvalue weighted by Gasteiger charge is -2.18. The van der Waals surface area contributed by atoms with Gasteiger partial charge in [-0.1, -0.05) is 26.8 Å². The SMILES string of the molecule is COc1ccc(C=CC(=O)O)cc1NC(=O)CC(C)(C)C. The summed E-state index contributed by atoms with van der Waals surface area (Å²) in [6.07, 6.45) is 2.88. The van der Waals surface area contributed by atoms with E-state index in [1.54, 1.807) is 18.2 Å². The van der Waals surface area contributed by atoms with Crippen LogP contribution in [0.15, 0.2) is 24.3 Å². The molecule has 0 aliphatic heterocycles. The van der Waals surface area contributed by atoms with Crippen LogP contribution in [0.3, 0.4) is 0 Å². The molecule has 0 fully saturated rings. The van der Waals surface area contributed by atoms with Gasteiger partial charge in [0, 0.05) is 12.5 Å². The minimum Gasteiger partial charge on any atom is -0.495 e. The fourth-order valence-electron chi connectivity index (χ4n) is 1.77. The molecule has 1 amide bonds. The van der Waals surface area contributed by atoms with E-state index in [2.05, 4.69) is 5.32 Å². The molecular weight excluding hydrogens is 270 g/mol. The second kappa shape index (κ2) is 6.92. The first kappa shape index (κ1) is 16.8. The summed E-state index contributed by atoms with van der Waals surface area (Å²) in [4.78, 5) is 22.5. The molecule has 0 aromatic heterocycles. The Labute approximate surface area is 124 Å². The summed E-state index contributed by atoms with van der Waals surface area (Å²) in [6.45, 7) is 5.95. The van der Waals surface area contributed by atoms with Crippen LogP contribution in [0.1, 0.15) is 32.8 Å². The average molecular weight is 291 g/mol. The van der Waals surface area contributed by atoms with E-state index >= 15 is 0 Å². The van der Waals surface area contributed by atoms with Crippen LogP contribution in [0.2, 0.25) is 0 Å². The highest BCUT2D eigenvalue weighted by atomic mass is 16.5. The summed E-state index contributed by atoms with van der Waals surface area (Å²) in [5, 5.41) is 11.4. The van der Waals surface area contributed by atoms with Gasteiger partial charge in [-0.25, -0.2) is 4.79 Å². The second-order valence-electron chi connectivity index (χ2n) is 5.92. The number of carbonyl (C=O) groups excluding carboxylic acids is 1. The van der Waals surface area contributed by atoms with Gasteiger partial charge in [-0.2, -0.15) is 0 Å². The Morgan fingerprint density at radius 3 is 2.52 bits per heavy atom. The largest absolute Gasteiger partial charge is 0.495 e. The number of carboxylic acid groups (broad SMARTS) is 1. The number of aliphatic carboxylic acids is 1. The van der Waals surface area contributed by atoms with Crippen molar-refractivity contribution in [2.45, 2.75) is 27.2 Å². The van der Waals surface area contributed by atoms with Crippen molar-refractivity contribution < 1.29 is 19.4 Å². The first-order valence-corrected chi connectivity index (χ1v) is 6.60. The predicted molar refractivity (Wildman–Crippen MR) is 82.4 cm³/mol. The minimum absolute atomic E-state index is 0.111. The number of hydrogen-bond donors (Lipinski definition) is 2. The van der Waals surface area contributed by atoms with Crippen molar-refractivity contribution in [2.24, 2.45) is 5.41 Å². The third-order valence-corrected chi connectivity index (χ3v) is 2.61. The van der Waals surface area contributed by atoms with Crippen LogP contribution in [-0.4, -0.2) is 24.1 Å². The Morgan fingerprint density at radius 2 is 2.00 bits per heavy atom. The lowest BCUT2D eigenvalue weighted by atomic mass is 9.92. The summed E-state index contributed by atoms with van der Waals surface area (Å²) >= 11 is 0. The molecule has 2 N–H and O–H groups in total. The molecule has 5 nitrogen and oxygen atoms in total. The maximum atomic E-state index is 12.0. The predicted octanol–water partition coefficient (Wildman–Crippen LogP) is 3.17. The summed E-state index contributed by atoms with van der Waals surface area (Å²) in [5.74, 6) is -0.603. The minimum atomic E-state index is -1.02. The molecule has 0 saturated carbocycles. The maximum absolute atomic E-state index is 12.0. The molecular formula is C16H21NO4. The number of anilines is 1. The standard InChI is InChI=1S/C16H21NO4/c1-16(2,3)10-14(18)17-12-9-11(6-8-15(19)20)5-7-13(12)21-4/h5-9H,10H2,1-4H3,(H,17,18)(H,19,20). The first-order valence-electron chi connectivity index (χ1n) is 6.60. The zero-order valence-corrected chi connectivity index (χ0v) is 12.8. The van der Waals surface area contributed by atoms with E-state index in [9.17, 15) is 9.59 Å². The molecule has 114 valence electrons. The highest BCUT2D eigenvalue weighted by Crippen LogP contribution is 2.27. The molecule has 0 aliphatic carbocycles. The molecule has 0 bridgehead atoms. The number of nitrogens with one attached hydrogen (secondary N) is 1. The van der Waals surface area contributed by atoms with Gasteiger partial charge in [0.2, 0.25) is 5.91 Å². The zero-order valence-electron chi connectivity index (χ0n) is 12.8. The third kappa shape index (κ3) is 6.12. The molecule has 0 aliphatic rings. The number of carboxylic acids is 1. The van der Waals surface area contributed by atoms with Crippen molar-refractivity contribution in [3.63, 3.8) is 0 Å². The maximum Gasteiger partial charge on any atom is 0.328 e. The van der Waals surface area contributed by atoms with Gasteiger partial charge in [-0.3, -0.25) is 4.79 Å². The molecule has 0 unspecified atom stereocenters. The monoisotopic (exact) mass is 291 g/mol. The van der Waals surface area contributed by atoms with E-state index in [-0.39, 0.29) is 11.3 Å². The summed E-state index contributed by atoms with van der Waals surface area (Å²) in [6, 6.07) is 5.09. The lowest BCUT2D eigenvalue weighted by molar-refractivity contribution is -0.131. The highest BCUT2D eigenvalue weighted by molar-refractivity contribution is 5.93. The molecule has 0 radical (unpaired) electrons. The van der Waals surface area contributed by atoms with Crippen LogP contribution in [-0.2, 0) is 9.59 Å². The Bertz CT molecular complexity index is 556. The van der Waals surface area contributed by atoms with Crippen molar-refractivity contribution in [2.75, 3.05) is 12.4 Å². The molecule has 21 heavy (non-hydrogen) atoms. The van der Waals surface area contributed by atoms with Gasteiger partial charge < -0.3 is 15.2 Å². The number of amides is 1. The quantitative estimate of drug-likeness (QED) is 0.817. The number of ether oxygens (including phenoxy) is 1. The van der Waals surface area contributed by atoms with Crippen LogP contribution in [0.5, 0.6) is 5.75 Å². The van der Waals surface area contributed by atoms with Crippen molar-refractivity contribution in [3.05, 3.63) is 29.8 Å². The van der Waals surface area contributed by atoms with E-state index < -0.39 is 5.97 Å². The molecule has 1 rings (SSSR count). The fraction of sp³-hybridized carbons (Fsp3) is 0.375. The van der Waals surface area contributed by atoms with Gasteiger partial charge in [-0.15, -0.1) is 0 Å². The Balaban J connectivity index is 2.95. The van der Waals surface area contributed by atoms with Crippen LogP contribution >= 0.6 is 0 Å². The number of methoxy groups -OCH3 is 1. The Morgan fingerprint density at radius 1 is 1.33 bits per heavy atom. The van der Waals surface area contributed by atoms with E-state index in [1.807, 2.05) is 20.8 Å². The van der Waals surface area contributed by atoms with Crippen LogP contribution < -0.4 is 10.1 Å². The molecule has 1 aromatic carbocycles. The van der Waals surface area contributed by atoms with Crippen LogP contribution in [0, 0.1) is 5.41 Å². The van der Waals surface area contributed by atoms with Gasteiger partial charge in [-0.05, 0) is 29.2 Å². The molecule has 5 heteroatoms.